The number of quaternary nitrogens is 1. The number of carbonyl (C=O) groups excluding carboxylic acids is 2. The van der Waals surface area contributed by atoms with E-state index in [0.717, 1.165) is 109 Å². The Morgan fingerprint density at radius 2 is 0.613 bits per heavy atom. The van der Waals surface area contributed by atoms with Crippen LogP contribution in [-0.2, 0) is 33.3 Å². The van der Waals surface area contributed by atoms with Gasteiger partial charge in [0.1, 0.15) is 13.2 Å². The quantitative estimate of drug-likeness (QED) is 0.0211. The van der Waals surface area contributed by atoms with Crippen LogP contribution in [0.3, 0.4) is 0 Å². The van der Waals surface area contributed by atoms with Gasteiger partial charge in [0.2, 0.25) is 0 Å². The molecule has 0 aromatic carbocycles. The van der Waals surface area contributed by atoms with E-state index in [-0.39, 0.29) is 32.2 Å². The molecule has 93 heavy (non-hydrogen) atoms. The molecule has 0 aliphatic carbocycles. The number of aliphatic carboxylic acids is 1. The molecule has 0 heterocycles. The molecule has 0 saturated heterocycles. The molecule has 532 valence electrons. The molecule has 0 fully saturated rings. The van der Waals surface area contributed by atoms with Gasteiger partial charge in [-0.3, -0.25) is 9.59 Å². The third kappa shape index (κ3) is 74.7. The molecule has 9 heteroatoms. The van der Waals surface area contributed by atoms with Crippen molar-refractivity contribution in [2.24, 2.45) is 0 Å². The summed E-state index contributed by atoms with van der Waals surface area (Å²) in [5.74, 6) is -2.00. The minimum atomic E-state index is -1.52. The summed E-state index contributed by atoms with van der Waals surface area (Å²) >= 11 is 0. The van der Waals surface area contributed by atoms with Crippen LogP contribution in [0.5, 0.6) is 0 Å². The highest BCUT2D eigenvalue weighted by Crippen LogP contribution is 2.18. The maximum Gasteiger partial charge on any atom is 0.361 e. The zero-order valence-electron chi connectivity index (χ0n) is 60.9. The monoisotopic (exact) mass is 1300 g/mol. The number of unbranched alkanes of at least 4 members (excludes halogenated alkanes) is 33. The number of carbonyl (C=O) groups is 3. The molecule has 0 radical (unpaired) electrons. The molecule has 0 rings (SSSR count). The summed E-state index contributed by atoms with van der Waals surface area (Å²) in [7, 11) is 5.98. The van der Waals surface area contributed by atoms with Crippen molar-refractivity contribution in [2.75, 3.05) is 47.5 Å². The summed E-state index contributed by atoms with van der Waals surface area (Å²) in [4.78, 5) is 37.7. The second-order valence-corrected chi connectivity index (χ2v) is 26.6. The van der Waals surface area contributed by atoms with E-state index in [9.17, 15) is 19.5 Å². The van der Waals surface area contributed by atoms with Gasteiger partial charge in [0.05, 0.1) is 34.4 Å². The van der Waals surface area contributed by atoms with E-state index >= 15 is 0 Å². The first-order valence-electron chi connectivity index (χ1n) is 38.3. The summed E-state index contributed by atoms with van der Waals surface area (Å²) in [6, 6.07) is 0. The first kappa shape index (κ1) is 88.4. The van der Waals surface area contributed by atoms with Gasteiger partial charge in [0.25, 0.3) is 6.29 Å². The molecule has 9 nitrogen and oxygen atoms in total. The smallest absolute Gasteiger partial charge is 0.361 e. The summed E-state index contributed by atoms with van der Waals surface area (Å²) in [6.45, 7) is 4.77. The highest BCUT2D eigenvalue weighted by atomic mass is 16.7. The normalized spacial score (nSPS) is 13.4. The number of likely N-dealkylation sites (N-methyl/N-ethyl adjacent to an activating group) is 1. The van der Waals surface area contributed by atoms with Crippen LogP contribution in [0.15, 0.2) is 134 Å². The fraction of sp³-hybridized carbons (Fsp3) is 0.702. The first-order valence-corrected chi connectivity index (χ1v) is 38.3. The molecule has 0 aliphatic heterocycles. The predicted octanol–water partition coefficient (Wildman–Crippen LogP) is 24.5. The Kier molecular flexibility index (Phi) is 69.6. The molecule has 2 atom stereocenters. The number of carboxylic acids is 1. The van der Waals surface area contributed by atoms with Gasteiger partial charge in [0.15, 0.2) is 6.10 Å². The molecule has 0 bridgehead atoms. The zero-order valence-corrected chi connectivity index (χ0v) is 60.9. The van der Waals surface area contributed by atoms with Crippen LogP contribution < -0.4 is 0 Å². The fourth-order valence-electron chi connectivity index (χ4n) is 10.6. The SMILES string of the molecule is CC/C=C\C/C=C\C/C=C\C/C=C\C/C=C\C/C=C\C/C=C\C/C=C\C/C=C\CCCCCCCCCCCCCC(=O)OC(COC(=O)CCCCCCCCCCCCCCCCCCC/C=C\C/C=C\CCCCCCC)COC(OCC[N+](C)(C)C)C(=O)O. The number of nitrogens with zero attached hydrogens (tertiary/aromatic N) is 1. The van der Waals surface area contributed by atoms with Gasteiger partial charge in [-0.2, -0.15) is 0 Å². The van der Waals surface area contributed by atoms with Crippen LogP contribution in [0.25, 0.3) is 0 Å². The lowest BCUT2D eigenvalue weighted by molar-refractivity contribution is -0.870. The number of carboxylic acid groups (broad SMARTS) is 1. The van der Waals surface area contributed by atoms with Crippen molar-refractivity contribution in [3.63, 3.8) is 0 Å². The average Bonchev–Trinajstić information content (AvgIpc) is 3.38. The largest absolute Gasteiger partial charge is 0.477 e. The summed E-state index contributed by atoms with van der Waals surface area (Å²) in [5, 5.41) is 9.77. The summed E-state index contributed by atoms with van der Waals surface area (Å²) in [5.41, 5.74) is 0. The van der Waals surface area contributed by atoms with Gasteiger partial charge in [-0.25, -0.2) is 4.79 Å². The Bertz CT molecular complexity index is 2000. The van der Waals surface area contributed by atoms with E-state index in [1.807, 2.05) is 21.1 Å². The van der Waals surface area contributed by atoms with Gasteiger partial charge < -0.3 is 28.5 Å². The van der Waals surface area contributed by atoms with Crippen molar-refractivity contribution >= 4 is 17.9 Å². The van der Waals surface area contributed by atoms with E-state index in [1.165, 1.54) is 180 Å². The number of rotatable bonds is 70. The van der Waals surface area contributed by atoms with Crippen molar-refractivity contribution in [1.82, 2.24) is 0 Å². The van der Waals surface area contributed by atoms with Crippen LogP contribution in [-0.4, -0.2) is 87.4 Å². The topological polar surface area (TPSA) is 108 Å². The van der Waals surface area contributed by atoms with E-state index in [1.54, 1.807) is 0 Å². The molecule has 1 N–H and O–H groups in total. The van der Waals surface area contributed by atoms with Crippen LogP contribution >= 0.6 is 0 Å². The third-order valence-electron chi connectivity index (χ3n) is 16.4. The van der Waals surface area contributed by atoms with Crippen LogP contribution in [0.4, 0.5) is 0 Å². The minimum Gasteiger partial charge on any atom is -0.477 e. The van der Waals surface area contributed by atoms with E-state index < -0.39 is 24.3 Å². The van der Waals surface area contributed by atoms with E-state index in [0.29, 0.717) is 23.9 Å². The molecule has 0 aliphatic rings. The maximum absolute atomic E-state index is 13.0. The van der Waals surface area contributed by atoms with Crippen molar-refractivity contribution in [3.8, 4) is 0 Å². The van der Waals surface area contributed by atoms with Crippen molar-refractivity contribution in [1.29, 1.82) is 0 Å². The Morgan fingerprint density at radius 3 is 0.914 bits per heavy atom. The minimum absolute atomic E-state index is 0.183. The van der Waals surface area contributed by atoms with Crippen LogP contribution in [0.2, 0.25) is 0 Å². The zero-order chi connectivity index (χ0) is 67.5. The van der Waals surface area contributed by atoms with Crippen LogP contribution in [0, 0.1) is 0 Å². The third-order valence-corrected chi connectivity index (χ3v) is 16.4. The number of allylic oxidation sites excluding steroid dienone is 22. The second-order valence-electron chi connectivity index (χ2n) is 26.6. The summed E-state index contributed by atoms with van der Waals surface area (Å²) < 4.78 is 23.0. The number of ether oxygens (including phenoxy) is 4. The molecule has 0 spiro atoms. The molecule has 0 amide bonds. The van der Waals surface area contributed by atoms with Gasteiger partial charge in [-0.1, -0.05) is 327 Å². The highest BCUT2D eigenvalue weighted by molar-refractivity contribution is 5.71. The molecule has 0 aromatic heterocycles. The van der Waals surface area contributed by atoms with Crippen molar-refractivity contribution < 1.29 is 42.9 Å². The highest BCUT2D eigenvalue weighted by Gasteiger charge is 2.25. The van der Waals surface area contributed by atoms with E-state index in [2.05, 4.69) is 148 Å². The standard InChI is InChI=1S/C84H143NO8/c1-6-8-10-12-14-16-18-20-22-24-26-28-30-32-34-36-37-38-39-40-41-42-43-44-45-47-49-51-53-55-57-59-61-63-65-67-69-71-73-75-82(87)93-80(79-92-84(83(88)89)90-77-76-85(3,4)5)78-91-81(86)74-72-70-68-66-64-62-60-58-56-54-52-50-48-46-35-33-31-29-27-25-23-21-19-17-15-13-11-9-7-2/h8,10,14,16,19-22,25-28,32,34,37-38,40-41,43-44,47,49,80,84H,6-7,9,11-13,15,17-18,23-24,29-31,33,35-36,39,42,45-46,48,50-79H2,1-5H3/p+1/b10-8-,16-14-,21-19-,22-20-,27-25-,28-26-,34-32-,38-37-,41-40-,44-43-,49-47-. The molecule has 0 aromatic rings. The molecule has 0 saturated carbocycles. The fourth-order valence-corrected chi connectivity index (χ4v) is 10.6. The second kappa shape index (κ2) is 73.2. The first-order chi connectivity index (χ1) is 45.6. The van der Waals surface area contributed by atoms with Crippen molar-refractivity contribution in [3.05, 3.63) is 134 Å². The van der Waals surface area contributed by atoms with Crippen LogP contribution in [0.1, 0.15) is 322 Å². The Labute approximate surface area is 573 Å². The van der Waals surface area contributed by atoms with Gasteiger partial charge in [-0.15, -0.1) is 0 Å². The van der Waals surface area contributed by atoms with Crippen molar-refractivity contribution in [2.45, 2.75) is 334 Å². The number of hydrogen-bond acceptors (Lipinski definition) is 7. The number of esters is 2. The lowest BCUT2D eigenvalue weighted by Gasteiger charge is -2.25. The number of hydrogen-bond donors (Lipinski definition) is 1. The molecular weight excluding hydrogens is 1150 g/mol. The molecular formula is C84H144NO8+. The average molecular weight is 1300 g/mol. The molecule has 2 unspecified atom stereocenters. The Balaban J connectivity index is 4.10. The van der Waals surface area contributed by atoms with Gasteiger partial charge in [0, 0.05) is 12.8 Å². The summed E-state index contributed by atoms with van der Waals surface area (Å²) in [6.07, 6.45) is 103. The Morgan fingerprint density at radius 1 is 0.333 bits per heavy atom. The van der Waals surface area contributed by atoms with Gasteiger partial charge in [-0.05, 0) is 116 Å². The Hall–Kier alpha value is -4.57. The van der Waals surface area contributed by atoms with Gasteiger partial charge >= 0.3 is 17.9 Å². The lowest BCUT2D eigenvalue weighted by Crippen LogP contribution is -2.40. The predicted molar refractivity (Wildman–Crippen MR) is 401 cm³/mol. The lowest BCUT2D eigenvalue weighted by atomic mass is 10.0. The van der Waals surface area contributed by atoms with E-state index in [4.69, 9.17) is 18.9 Å². The maximum atomic E-state index is 13.0.